The second-order valence-electron chi connectivity index (χ2n) is 10.5. The number of β-lactam (4-membered cyclic amide) rings is 1. The molecule has 0 aromatic heterocycles. The topological polar surface area (TPSA) is 157 Å². The highest BCUT2D eigenvalue weighted by atomic mass is 32.2. The average Bonchev–Trinajstić information content (AvgIpc) is 3.35. The Balaban J connectivity index is 1.42. The van der Waals surface area contributed by atoms with Crippen molar-refractivity contribution >= 4 is 35.5 Å². The number of amides is 3. The predicted octanol–water partition coefficient (Wildman–Crippen LogP) is -0.715. The van der Waals surface area contributed by atoms with E-state index in [9.17, 15) is 24.3 Å². The molecule has 12 heteroatoms. The molecule has 6 N–H and O–H groups in total. The van der Waals surface area contributed by atoms with Gasteiger partial charge in [-0.3, -0.25) is 14.4 Å². The van der Waals surface area contributed by atoms with E-state index in [1.54, 1.807) is 14.0 Å². The van der Waals surface area contributed by atoms with Gasteiger partial charge in [0.2, 0.25) is 17.7 Å². The minimum atomic E-state index is -1.12. The molecule has 0 spiro atoms. The number of likely N-dealkylation sites (N-methyl/N-ethyl adjacent to an activating group) is 1. The molecule has 0 unspecified atom stereocenters. The molecule has 36 heavy (non-hydrogen) atoms. The molecular weight excluding hydrogens is 484 g/mol. The van der Waals surface area contributed by atoms with E-state index in [2.05, 4.69) is 16.0 Å². The molecule has 0 saturated carbocycles. The molecule has 0 aliphatic carbocycles. The summed E-state index contributed by atoms with van der Waals surface area (Å²) in [5, 5.41) is 19.0. The van der Waals surface area contributed by atoms with E-state index in [0.717, 1.165) is 12.8 Å². The number of carboxylic acid groups (broad SMARTS) is 1. The van der Waals surface area contributed by atoms with Crippen molar-refractivity contribution in [2.75, 3.05) is 26.7 Å². The number of likely N-dealkylation sites (tertiary alicyclic amines) is 1. The van der Waals surface area contributed by atoms with Crippen LogP contribution in [-0.2, 0) is 19.2 Å². The fourth-order valence-corrected chi connectivity index (χ4v) is 7.63. The molecule has 4 aliphatic heterocycles. The quantitative estimate of drug-likeness (QED) is 0.260. The fourth-order valence-electron chi connectivity index (χ4n) is 6.15. The van der Waals surface area contributed by atoms with Crippen LogP contribution in [0.25, 0.3) is 0 Å². The number of nitrogens with two attached hydrogens (primary N) is 1. The van der Waals surface area contributed by atoms with Crippen molar-refractivity contribution in [3.63, 3.8) is 0 Å². The van der Waals surface area contributed by atoms with Gasteiger partial charge in [0.25, 0.3) is 0 Å². The number of rotatable bonds is 8. The molecule has 0 bridgehead atoms. The van der Waals surface area contributed by atoms with E-state index in [1.165, 1.54) is 16.7 Å². The van der Waals surface area contributed by atoms with Crippen LogP contribution in [0.4, 0.5) is 0 Å². The molecule has 3 amide bonds. The molecule has 200 valence electrons. The van der Waals surface area contributed by atoms with Crippen LogP contribution in [0, 0.1) is 11.8 Å². The molecule has 0 aromatic carbocycles. The van der Waals surface area contributed by atoms with Crippen molar-refractivity contribution in [3.8, 4) is 0 Å². The monoisotopic (exact) mass is 522 g/mol. The minimum Gasteiger partial charge on any atom is -0.477 e. The van der Waals surface area contributed by atoms with Gasteiger partial charge in [-0.15, -0.1) is 11.8 Å². The Morgan fingerprint density at radius 1 is 1.28 bits per heavy atom. The van der Waals surface area contributed by atoms with Gasteiger partial charge < -0.3 is 36.6 Å². The summed E-state index contributed by atoms with van der Waals surface area (Å²) in [4.78, 5) is 54.4. The smallest absolute Gasteiger partial charge is 0.353 e. The number of piperidine rings is 1. The maximum atomic E-state index is 13.2. The first-order chi connectivity index (χ1) is 17.0. The summed E-state index contributed by atoms with van der Waals surface area (Å²) in [5.74, 6) is -2.17. The number of carbonyl (C=O) groups is 4. The standard InChI is InChI=1S/C24H38N6O5S/c1-11-7-14(25)5-6-29(11)22(32)16-8-15(9-27-16)36-21-12(2)19-18(13(3)28-17(31)10-26-4)23(33)30(19)20(21)24(34)35/h11-16,18-19,26-27H,5-10,25H2,1-4H3,(H,28,31)(H,34,35)/t11-,12+,13+,14-,15-,16-,18+,19+/m0/s1. The van der Waals surface area contributed by atoms with Gasteiger partial charge in [0.15, 0.2) is 0 Å². The van der Waals surface area contributed by atoms with Gasteiger partial charge in [-0.25, -0.2) is 4.79 Å². The van der Waals surface area contributed by atoms with Crippen molar-refractivity contribution in [1.29, 1.82) is 0 Å². The van der Waals surface area contributed by atoms with Crippen LogP contribution in [0.2, 0.25) is 0 Å². The molecule has 4 heterocycles. The van der Waals surface area contributed by atoms with Gasteiger partial charge in [0.05, 0.1) is 24.5 Å². The van der Waals surface area contributed by atoms with E-state index in [4.69, 9.17) is 5.73 Å². The highest BCUT2D eigenvalue weighted by molar-refractivity contribution is 8.03. The number of hydrogen-bond donors (Lipinski definition) is 5. The predicted molar refractivity (Wildman–Crippen MR) is 136 cm³/mol. The summed E-state index contributed by atoms with van der Waals surface area (Å²) in [6, 6.07) is -0.783. The zero-order valence-corrected chi connectivity index (χ0v) is 22.1. The number of carbonyl (C=O) groups excluding carboxylic acids is 3. The Hall–Kier alpha value is -2.15. The Kier molecular flexibility index (Phi) is 7.98. The van der Waals surface area contributed by atoms with Crippen LogP contribution >= 0.6 is 11.8 Å². The molecule has 0 aromatic rings. The van der Waals surface area contributed by atoms with Crippen LogP contribution in [0.15, 0.2) is 10.6 Å². The second-order valence-corrected chi connectivity index (χ2v) is 11.9. The van der Waals surface area contributed by atoms with E-state index < -0.39 is 17.9 Å². The van der Waals surface area contributed by atoms with E-state index in [1.807, 2.05) is 18.7 Å². The number of carboxylic acids is 1. The van der Waals surface area contributed by atoms with Gasteiger partial charge in [-0.2, -0.15) is 0 Å². The minimum absolute atomic E-state index is 0.0214. The average molecular weight is 523 g/mol. The van der Waals surface area contributed by atoms with Crippen LogP contribution < -0.4 is 21.7 Å². The molecular formula is C24H38N6O5S. The number of thioether (sulfide) groups is 1. The lowest BCUT2D eigenvalue weighted by Crippen LogP contribution is -2.66. The summed E-state index contributed by atoms with van der Waals surface area (Å²) in [6.45, 7) is 7.16. The van der Waals surface area contributed by atoms with Crippen molar-refractivity contribution in [3.05, 3.63) is 10.6 Å². The first-order valence-corrected chi connectivity index (χ1v) is 13.6. The molecule has 0 radical (unpaired) electrons. The summed E-state index contributed by atoms with van der Waals surface area (Å²) < 4.78 is 0. The maximum absolute atomic E-state index is 13.2. The third-order valence-electron chi connectivity index (χ3n) is 7.94. The zero-order valence-electron chi connectivity index (χ0n) is 21.3. The number of nitrogens with one attached hydrogen (secondary N) is 3. The summed E-state index contributed by atoms with van der Waals surface area (Å²) in [7, 11) is 1.67. The summed E-state index contributed by atoms with van der Waals surface area (Å²) in [5.41, 5.74) is 6.09. The SMILES string of the molecule is CNCC(=O)N[C@H](C)[C@H]1C(=O)N2C(C(=O)O)=C(S[C@@H]3CN[C@H](C(=O)N4CC[C@H](N)C[C@@H]4C)C3)[C@H](C)[C@H]12. The van der Waals surface area contributed by atoms with Crippen LogP contribution in [-0.4, -0.2) is 101 Å². The maximum Gasteiger partial charge on any atom is 0.353 e. The summed E-state index contributed by atoms with van der Waals surface area (Å²) >= 11 is 1.47. The molecule has 4 aliphatic rings. The lowest BCUT2D eigenvalue weighted by molar-refractivity contribution is -0.158. The molecule has 11 nitrogen and oxygen atoms in total. The number of nitrogens with zero attached hydrogens (tertiary/aromatic N) is 2. The van der Waals surface area contributed by atoms with E-state index in [0.29, 0.717) is 24.4 Å². The Morgan fingerprint density at radius 3 is 2.64 bits per heavy atom. The van der Waals surface area contributed by atoms with Crippen LogP contribution in [0.1, 0.15) is 40.0 Å². The molecule has 3 saturated heterocycles. The molecule has 4 rings (SSSR count). The Morgan fingerprint density at radius 2 is 2.00 bits per heavy atom. The first-order valence-electron chi connectivity index (χ1n) is 12.8. The molecule has 8 atom stereocenters. The number of fused-ring (bicyclic) bond motifs is 1. The Bertz CT molecular complexity index is 959. The summed E-state index contributed by atoms with van der Waals surface area (Å²) in [6.07, 6.45) is 2.19. The highest BCUT2D eigenvalue weighted by Crippen LogP contribution is 2.51. The largest absolute Gasteiger partial charge is 0.477 e. The van der Waals surface area contributed by atoms with Gasteiger partial charge >= 0.3 is 5.97 Å². The Labute approximate surface area is 215 Å². The fraction of sp³-hybridized carbons (Fsp3) is 0.750. The van der Waals surface area contributed by atoms with Crippen LogP contribution in [0.3, 0.4) is 0 Å². The number of aliphatic carboxylic acids is 1. The lowest BCUT2D eigenvalue weighted by Gasteiger charge is -2.47. The third kappa shape index (κ3) is 4.88. The van der Waals surface area contributed by atoms with Gasteiger partial charge in [0.1, 0.15) is 5.70 Å². The van der Waals surface area contributed by atoms with Gasteiger partial charge in [0, 0.05) is 47.3 Å². The zero-order chi connectivity index (χ0) is 26.3. The highest BCUT2D eigenvalue weighted by Gasteiger charge is 2.60. The lowest BCUT2D eigenvalue weighted by atomic mass is 9.78. The number of hydrogen-bond acceptors (Lipinski definition) is 8. The van der Waals surface area contributed by atoms with Crippen molar-refractivity contribution < 1.29 is 24.3 Å². The van der Waals surface area contributed by atoms with E-state index in [-0.39, 0.29) is 65.3 Å². The third-order valence-corrected chi connectivity index (χ3v) is 9.45. The van der Waals surface area contributed by atoms with Gasteiger partial charge in [-0.05, 0) is 40.2 Å². The normalized spacial score (nSPS) is 34.9. The van der Waals surface area contributed by atoms with Crippen LogP contribution in [0.5, 0.6) is 0 Å². The van der Waals surface area contributed by atoms with Crippen molar-refractivity contribution in [1.82, 2.24) is 25.8 Å². The van der Waals surface area contributed by atoms with Gasteiger partial charge in [-0.1, -0.05) is 6.92 Å². The second kappa shape index (κ2) is 10.7. The van der Waals surface area contributed by atoms with Crippen molar-refractivity contribution in [2.45, 2.75) is 75.5 Å². The first kappa shape index (κ1) is 26.9. The molecule has 3 fully saturated rings. The van der Waals surface area contributed by atoms with E-state index >= 15 is 0 Å². The van der Waals surface area contributed by atoms with Crippen molar-refractivity contribution in [2.24, 2.45) is 17.6 Å².